The highest BCUT2D eigenvalue weighted by Crippen LogP contribution is 2.32. The number of hydrogen-bond donors (Lipinski definition) is 4. The number of carbonyl (C=O) groups is 1. The molecule has 4 atom stereocenters. The second-order valence-corrected chi connectivity index (χ2v) is 6.06. The highest BCUT2D eigenvalue weighted by molar-refractivity contribution is 5.94. The van der Waals surface area contributed by atoms with Gasteiger partial charge in [0.2, 0.25) is 0 Å². The van der Waals surface area contributed by atoms with Gasteiger partial charge in [-0.05, 0) is 12.1 Å². The Kier molecular flexibility index (Phi) is 4.39. The molecule has 3 aromatic rings. The van der Waals surface area contributed by atoms with E-state index in [1.54, 1.807) is 18.3 Å². The van der Waals surface area contributed by atoms with Crippen LogP contribution in [0.15, 0.2) is 37.2 Å². The third-order valence-corrected chi connectivity index (χ3v) is 4.44. The molecular weight excluding hydrogens is 354 g/mol. The monoisotopic (exact) mass is 371 g/mol. The summed E-state index contributed by atoms with van der Waals surface area (Å²) in [7, 11) is 0. The molecule has 1 saturated heterocycles. The van der Waals surface area contributed by atoms with Crippen molar-refractivity contribution in [2.24, 2.45) is 0 Å². The average molecular weight is 371 g/mol. The Labute approximate surface area is 152 Å². The van der Waals surface area contributed by atoms with Gasteiger partial charge in [0.15, 0.2) is 17.7 Å². The van der Waals surface area contributed by atoms with Gasteiger partial charge < -0.3 is 26.0 Å². The van der Waals surface area contributed by atoms with Gasteiger partial charge in [-0.1, -0.05) is 0 Å². The number of nitrogens with one attached hydrogen (secondary N) is 1. The van der Waals surface area contributed by atoms with Crippen LogP contribution in [0.1, 0.15) is 16.6 Å². The van der Waals surface area contributed by atoms with Crippen LogP contribution in [-0.2, 0) is 4.74 Å². The number of aromatic nitrogens is 5. The predicted molar refractivity (Wildman–Crippen MR) is 92.2 cm³/mol. The maximum absolute atomic E-state index is 12.4. The minimum absolute atomic E-state index is 0.200. The molecule has 0 aliphatic carbocycles. The number of nitrogen functional groups attached to an aromatic ring is 1. The van der Waals surface area contributed by atoms with Crippen LogP contribution in [0.4, 0.5) is 5.82 Å². The van der Waals surface area contributed by atoms with E-state index in [0.717, 1.165) is 0 Å². The molecule has 5 N–H and O–H groups in total. The van der Waals surface area contributed by atoms with E-state index in [2.05, 4.69) is 25.3 Å². The SMILES string of the molecule is Nc1ncnc2c1ncn2[C@@H]1O[C@H](CO)[C@H](NC(=O)c2cccnc2)C1O. The summed E-state index contributed by atoms with van der Waals surface area (Å²) in [5.41, 5.74) is 6.86. The summed E-state index contributed by atoms with van der Waals surface area (Å²) >= 11 is 0. The molecule has 0 aromatic carbocycles. The summed E-state index contributed by atoms with van der Waals surface area (Å²) < 4.78 is 7.25. The number of nitrogens with zero attached hydrogens (tertiary/aromatic N) is 5. The molecule has 1 unspecified atom stereocenters. The summed E-state index contributed by atoms with van der Waals surface area (Å²) in [6.07, 6.45) is 2.77. The fraction of sp³-hybridized carbons (Fsp3) is 0.312. The van der Waals surface area contributed by atoms with E-state index in [1.165, 1.54) is 23.4 Å². The zero-order valence-corrected chi connectivity index (χ0v) is 14.0. The predicted octanol–water partition coefficient (Wildman–Crippen LogP) is -1.15. The average Bonchev–Trinajstić information content (AvgIpc) is 3.25. The molecule has 0 spiro atoms. The lowest BCUT2D eigenvalue weighted by Gasteiger charge is -2.20. The van der Waals surface area contributed by atoms with Crippen molar-refractivity contribution >= 4 is 22.9 Å². The van der Waals surface area contributed by atoms with Crippen molar-refractivity contribution in [3.63, 3.8) is 0 Å². The first-order valence-electron chi connectivity index (χ1n) is 8.18. The smallest absolute Gasteiger partial charge is 0.253 e. The summed E-state index contributed by atoms with van der Waals surface area (Å²) in [5.74, 6) is -0.233. The Morgan fingerprint density at radius 1 is 1.37 bits per heavy atom. The highest BCUT2D eigenvalue weighted by Gasteiger charge is 2.45. The fourth-order valence-corrected chi connectivity index (χ4v) is 3.09. The van der Waals surface area contributed by atoms with E-state index in [-0.39, 0.29) is 5.82 Å². The number of fused-ring (bicyclic) bond motifs is 1. The van der Waals surface area contributed by atoms with Crippen molar-refractivity contribution in [2.75, 3.05) is 12.3 Å². The number of rotatable bonds is 4. The van der Waals surface area contributed by atoms with Gasteiger partial charge in [0.05, 0.1) is 24.5 Å². The van der Waals surface area contributed by atoms with Gasteiger partial charge in [-0.15, -0.1) is 0 Å². The highest BCUT2D eigenvalue weighted by atomic mass is 16.5. The first-order valence-corrected chi connectivity index (χ1v) is 8.18. The van der Waals surface area contributed by atoms with Gasteiger partial charge in [0.1, 0.15) is 24.1 Å². The topological polar surface area (TPSA) is 161 Å². The number of nitrogens with two attached hydrogens (primary N) is 1. The summed E-state index contributed by atoms with van der Waals surface area (Å²) in [6, 6.07) is 2.38. The van der Waals surface area contributed by atoms with Gasteiger partial charge >= 0.3 is 0 Å². The molecule has 0 saturated carbocycles. The maximum atomic E-state index is 12.4. The normalized spacial score (nSPS) is 25.0. The Bertz CT molecular complexity index is 964. The zero-order chi connectivity index (χ0) is 19.0. The van der Waals surface area contributed by atoms with Crippen LogP contribution in [-0.4, -0.2) is 65.5 Å². The van der Waals surface area contributed by atoms with Crippen molar-refractivity contribution < 1.29 is 19.7 Å². The van der Waals surface area contributed by atoms with Crippen molar-refractivity contribution in [1.29, 1.82) is 0 Å². The molecule has 0 radical (unpaired) electrons. The number of hydrogen-bond acceptors (Lipinski definition) is 9. The van der Waals surface area contributed by atoms with E-state index in [1.807, 2.05) is 0 Å². The first-order chi connectivity index (χ1) is 13.1. The van der Waals surface area contributed by atoms with Gasteiger partial charge in [-0.25, -0.2) is 15.0 Å². The molecule has 3 aromatic heterocycles. The fourth-order valence-electron chi connectivity index (χ4n) is 3.09. The third-order valence-electron chi connectivity index (χ3n) is 4.44. The molecule has 1 fully saturated rings. The lowest BCUT2D eigenvalue weighted by Crippen LogP contribution is -2.48. The van der Waals surface area contributed by atoms with Crippen LogP contribution in [0.3, 0.4) is 0 Å². The minimum atomic E-state index is -1.16. The Hall–Kier alpha value is -3.15. The molecule has 1 amide bonds. The summed E-state index contributed by atoms with van der Waals surface area (Å²) in [5, 5.41) is 23.1. The number of anilines is 1. The lowest BCUT2D eigenvalue weighted by molar-refractivity contribution is -0.0489. The van der Waals surface area contributed by atoms with E-state index >= 15 is 0 Å². The van der Waals surface area contributed by atoms with E-state index in [0.29, 0.717) is 16.7 Å². The lowest BCUT2D eigenvalue weighted by atomic mass is 10.1. The van der Waals surface area contributed by atoms with Crippen molar-refractivity contribution in [3.8, 4) is 0 Å². The van der Waals surface area contributed by atoms with Gasteiger partial charge in [0.25, 0.3) is 5.91 Å². The van der Waals surface area contributed by atoms with Gasteiger partial charge in [0, 0.05) is 12.4 Å². The maximum Gasteiger partial charge on any atom is 0.253 e. The molecule has 11 heteroatoms. The van der Waals surface area contributed by atoms with E-state index in [4.69, 9.17) is 10.5 Å². The third kappa shape index (κ3) is 2.97. The summed E-state index contributed by atoms with van der Waals surface area (Å²) in [4.78, 5) is 28.4. The minimum Gasteiger partial charge on any atom is -0.394 e. The molecular formula is C16H17N7O4. The van der Waals surface area contributed by atoms with Crippen LogP contribution in [0, 0.1) is 0 Å². The number of pyridine rings is 1. The van der Waals surface area contributed by atoms with Crippen LogP contribution in [0.5, 0.6) is 0 Å². The second kappa shape index (κ2) is 6.87. The zero-order valence-electron chi connectivity index (χ0n) is 14.0. The van der Waals surface area contributed by atoms with E-state index < -0.39 is 37.0 Å². The van der Waals surface area contributed by atoms with Gasteiger partial charge in [-0.2, -0.15) is 0 Å². The molecule has 11 nitrogen and oxygen atoms in total. The molecule has 0 bridgehead atoms. The summed E-state index contributed by atoms with van der Waals surface area (Å²) in [6.45, 7) is -0.394. The molecule has 4 heterocycles. The number of aliphatic hydroxyl groups is 2. The molecule has 1 aliphatic heterocycles. The van der Waals surface area contributed by atoms with E-state index in [9.17, 15) is 15.0 Å². The van der Waals surface area contributed by atoms with Crippen molar-refractivity contribution in [2.45, 2.75) is 24.5 Å². The number of imidazole rings is 1. The van der Waals surface area contributed by atoms with Crippen LogP contribution in [0.25, 0.3) is 11.2 Å². The largest absolute Gasteiger partial charge is 0.394 e. The molecule has 1 aliphatic rings. The Morgan fingerprint density at radius 3 is 2.96 bits per heavy atom. The standard InChI is InChI=1S/C16H17N7O4/c17-13-11-14(20-6-19-13)23(7-21-11)16-12(25)10(9(5-24)27-16)22-15(26)8-2-1-3-18-4-8/h1-4,6-7,9-10,12,16,24-25H,5H2,(H,22,26)(H2,17,19,20)/t9-,10+,12?,16-/m1/s1. The van der Waals surface area contributed by atoms with Crippen LogP contribution >= 0.6 is 0 Å². The van der Waals surface area contributed by atoms with Crippen LogP contribution < -0.4 is 11.1 Å². The van der Waals surface area contributed by atoms with Gasteiger partial charge in [-0.3, -0.25) is 14.3 Å². The molecule has 140 valence electrons. The first kappa shape index (κ1) is 17.3. The number of amides is 1. The van der Waals surface area contributed by atoms with Crippen molar-refractivity contribution in [1.82, 2.24) is 29.8 Å². The molecule has 27 heavy (non-hydrogen) atoms. The number of aliphatic hydroxyl groups excluding tert-OH is 2. The van der Waals surface area contributed by atoms with Crippen LogP contribution in [0.2, 0.25) is 0 Å². The number of ether oxygens (including phenoxy) is 1. The quantitative estimate of drug-likeness (QED) is 0.444. The second-order valence-electron chi connectivity index (χ2n) is 6.06. The Balaban J connectivity index is 1.61. The number of carbonyl (C=O) groups excluding carboxylic acids is 1. The Morgan fingerprint density at radius 2 is 2.22 bits per heavy atom. The molecule has 4 rings (SSSR count). The van der Waals surface area contributed by atoms with Crippen molar-refractivity contribution in [3.05, 3.63) is 42.7 Å².